The first-order valence-corrected chi connectivity index (χ1v) is 8.77. The van der Waals surface area contributed by atoms with Gasteiger partial charge in [-0.05, 0) is 19.8 Å². The highest BCUT2D eigenvalue weighted by Gasteiger charge is 2.43. The molecule has 0 amide bonds. The Morgan fingerprint density at radius 3 is 2.57 bits per heavy atom. The molecule has 1 heterocycles. The van der Waals surface area contributed by atoms with Crippen LogP contribution in [0.5, 0.6) is 0 Å². The average molecular weight is 341 g/mol. The van der Waals surface area contributed by atoms with Crippen molar-refractivity contribution in [3.8, 4) is 0 Å². The molecule has 1 saturated heterocycles. The van der Waals surface area contributed by atoms with Crippen LogP contribution in [-0.4, -0.2) is 56.7 Å². The number of rotatable bonds is 3. The molecular formula is C13H25ClN2O4S. The third-order valence-electron chi connectivity index (χ3n) is 4.28. The van der Waals surface area contributed by atoms with E-state index in [9.17, 15) is 13.2 Å². The van der Waals surface area contributed by atoms with Crippen LogP contribution < -0.4 is 5.32 Å². The summed E-state index contributed by atoms with van der Waals surface area (Å²) in [4.78, 5) is 11.9. The number of nitrogens with zero attached hydrogens (tertiary/aromatic N) is 1. The number of hydrogen-bond acceptors (Lipinski definition) is 5. The maximum atomic E-state index is 12.8. The highest BCUT2D eigenvalue weighted by Crippen LogP contribution is 2.32. The molecule has 1 saturated carbocycles. The summed E-state index contributed by atoms with van der Waals surface area (Å²) in [5.41, 5.74) is 0. The molecular weight excluding hydrogens is 316 g/mol. The SMILES string of the molecule is COC(=O)C1CCCCC1S(=O)(=O)N1CCN[C@@H](C)C1.Cl. The first-order valence-electron chi connectivity index (χ1n) is 7.27. The van der Waals surface area contributed by atoms with Crippen LogP contribution >= 0.6 is 12.4 Å². The van der Waals surface area contributed by atoms with Crippen molar-refractivity contribution in [2.75, 3.05) is 26.7 Å². The smallest absolute Gasteiger partial charge is 0.310 e. The van der Waals surface area contributed by atoms with Crippen LogP contribution in [0.15, 0.2) is 0 Å². The maximum Gasteiger partial charge on any atom is 0.310 e. The van der Waals surface area contributed by atoms with Crippen LogP contribution in [0.2, 0.25) is 0 Å². The van der Waals surface area contributed by atoms with Crippen LogP contribution in [-0.2, 0) is 19.6 Å². The number of halogens is 1. The van der Waals surface area contributed by atoms with E-state index in [0.717, 1.165) is 12.8 Å². The fourth-order valence-corrected chi connectivity index (χ4v) is 5.48. The molecule has 0 spiro atoms. The standard InChI is InChI=1S/C13H24N2O4S.ClH/c1-10-9-15(8-7-14-10)20(17,18)12-6-4-3-5-11(12)13(16)19-2;/h10-12,14H,3-9H2,1-2H3;1H/t10-,11?,12?;/m0./s1. The van der Waals surface area contributed by atoms with E-state index in [-0.39, 0.29) is 24.4 Å². The van der Waals surface area contributed by atoms with Crippen molar-refractivity contribution < 1.29 is 17.9 Å². The maximum absolute atomic E-state index is 12.8. The van der Waals surface area contributed by atoms with E-state index in [4.69, 9.17) is 4.74 Å². The number of carbonyl (C=O) groups excluding carboxylic acids is 1. The lowest BCUT2D eigenvalue weighted by atomic mass is 9.89. The summed E-state index contributed by atoms with van der Waals surface area (Å²) < 4.78 is 31.9. The number of sulfonamides is 1. The van der Waals surface area contributed by atoms with Crippen molar-refractivity contribution in [2.24, 2.45) is 5.92 Å². The minimum Gasteiger partial charge on any atom is -0.469 e. The van der Waals surface area contributed by atoms with E-state index in [0.29, 0.717) is 32.5 Å². The van der Waals surface area contributed by atoms with Gasteiger partial charge in [-0.3, -0.25) is 4.79 Å². The van der Waals surface area contributed by atoms with E-state index < -0.39 is 21.2 Å². The Bertz CT molecular complexity index is 457. The number of methoxy groups -OCH3 is 1. The van der Waals surface area contributed by atoms with Crippen molar-refractivity contribution in [1.82, 2.24) is 9.62 Å². The second kappa shape index (κ2) is 7.76. The Hall–Kier alpha value is -0.370. The van der Waals surface area contributed by atoms with E-state index in [1.807, 2.05) is 6.92 Å². The van der Waals surface area contributed by atoms with Crippen LogP contribution in [0.25, 0.3) is 0 Å². The number of hydrogen-bond donors (Lipinski definition) is 1. The van der Waals surface area contributed by atoms with Crippen LogP contribution in [0.3, 0.4) is 0 Å². The first kappa shape index (κ1) is 18.7. The summed E-state index contributed by atoms with van der Waals surface area (Å²) >= 11 is 0. The number of nitrogens with one attached hydrogen (secondary N) is 1. The summed E-state index contributed by atoms with van der Waals surface area (Å²) in [5, 5.41) is 2.62. The summed E-state index contributed by atoms with van der Waals surface area (Å²) in [7, 11) is -2.10. The molecule has 6 nitrogen and oxygen atoms in total. The van der Waals surface area contributed by atoms with E-state index in [1.165, 1.54) is 7.11 Å². The number of piperazine rings is 1. The van der Waals surface area contributed by atoms with Gasteiger partial charge in [0.25, 0.3) is 0 Å². The molecule has 3 atom stereocenters. The normalized spacial score (nSPS) is 31.2. The summed E-state index contributed by atoms with van der Waals surface area (Å²) in [6.07, 6.45) is 2.92. The predicted octanol–water partition coefficient (Wildman–Crippen LogP) is 0.763. The van der Waals surface area contributed by atoms with E-state index >= 15 is 0 Å². The van der Waals surface area contributed by atoms with Gasteiger partial charge < -0.3 is 10.1 Å². The molecule has 0 aromatic carbocycles. The van der Waals surface area contributed by atoms with Crippen LogP contribution in [0, 0.1) is 5.92 Å². The zero-order valence-electron chi connectivity index (χ0n) is 12.6. The molecule has 1 N–H and O–H groups in total. The van der Waals surface area contributed by atoms with E-state index in [1.54, 1.807) is 4.31 Å². The monoisotopic (exact) mass is 340 g/mol. The number of ether oxygens (including phenoxy) is 1. The molecule has 0 aromatic heterocycles. The van der Waals surface area contributed by atoms with Crippen LogP contribution in [0.4, 0.5) is 0 Å². The lowest BCUT2D eigenvalue weighted by Crippen LogP contribution is -2.55. The topological polar surface area (TPSA) is 75.7 Å². The molecule has 0 bridgehead atoms. The fraction of sp³-hybridized carbons (Fsp3) is 0.923. The molecule has 2 fully saturated rings. The Kier molecular flexibility index (Phi) is 6.90. The summed E-state index contributed by atoms with van der Waals surface area (Å²) in [5.74, 6) is -0.898. The van der Waals surface area contributed by atoms with Gasteiger partial charge in [0.15, 0.2) is 0 Å². The zero-order chi connectivity index (χ0) is 14.8. The van der Waals surface area contributed by atoms with Crippen molar-refractivity contribution in [3.05, 3.63) is 0 Å². The van der Waals surface area contributed by atoms with Crippen molar-refractivity contribution >= 4 is 28.4 Å². The second-order valence-electron chi connectivity index (χ2n) is 5.71. The Labute approximate surface area is 133 Å². The Morgan fingerprint density at radius 2 is 1.95 bits per heavy atom. The molecule has 1 aliphatic carbocycles. The largest absolute Gasteiger partial charge is 0.469 e. The fourth-order valence-electron chi connectivity index (χ4n) is 3.19. The Balaban J connectivity index is 0.00000220. The van der Waals surface area contributed by atoms with Gasteiger partial charge in [-0.25, -0.2) is 8.42 Å². The van der Waals surface area contributed by atoms with Gasteiger partial charge in [-0.15, -0.1) is 12.4 Å². The molecule has 2 unspecified atom stereocenters. The average Bonchev–Trinajstić information content (AvgIpc) is 2.46. The van der Waals surface area contributed by atoms with Gasteiger partial charge in [-0.1, -0.05) is 12.8 Å². The van der Waals surface area contributed by atoms with Gasteiger partial charge in [0.2, 0.25) is 10.0 Å². The second-order valence-corrected chi connectivity index (χ2v) is 7.86. The summed E-state index contributed by atoms with van der Waals surface area (Å²) in [6, 6.07) is 0.152. The first-order chi connectivity index (χ1) is 9.46. The third kappa shape index (κ3) is 4.09. The molecule has 124 valence electrons. The predicted molar refractivity (Wildman–Crippen MR) is 83.0 cm³/mol. The van der Waals surface area contributed by atoms with Gasteiger partial charge in [0.05, 0.1) is 18.3 Å². The van der Waals surface area contributed by atoms with E-state index in [2.05, 4.69) is 5.32 Å². The van der Waals surface area contributed by atoms with Crippen molar-refractivity contribution in [1.29, 1.82) is 0 Å². The third-order valence-corrected chi connectivity index (χ3v) is 6.66. The minimum atomic E-state index is -3.43. The lowest BCUT2D eigenvalue weighted by Gasteiger charge is -2.37. The highest BCUT2D eigenvalue weighted by molar-refractivity contribution is 7.89. The van der Waals surface area contributed by atoms with Gasteiger partial charge in [-0.2, -0.15) is 4.31 Å². The number of esters is 1. The van der Waals surface area contributed by atoms with Crippen molar-refractivity contribution in [3.63, 3.8) is 0 Å². The lowest BCUT2D eigenvalue weighted by molar-refractivity contribution is -0.146. The molecule has 0 aromatic rings. The van der Waals surface area contributed by atoms with Crippen LogP contribution in [0.1, 0.15) is 32.6 Å². The van der Waals surface area contributed by atoms with Crippen molar-refractivity contribution in [2.45, 2.75) is 43.9 Å². The molecule has 21 heavy (non-hydrogen) atoms. The molecule has 1 aliphatic heterocycles. The molecule has 2 rings (SSSR count). The van der Waals surface area contributed by atoms with Gasteiger partial charge >= 0.3 is 5.97 Å². The summed E-state index contributed by atoms with van der Waals surface area (Å²) in [6.45, 7) is 3.60. The van der Waals surface area contributed by atoms with Gasteiger partial charge in [0, 0.05) is 25.7 Å². The quantitative estimate of drug-likeness (QED) is 0.768. The zero-order valence-corrected chi connectivity index (χ0v) is 14.2. The number of carbonyl (C=O) groups is 1. The molecule has 0 radical (unpaired) electrons. The highest BCUT2D eigenvalue weighted by atomic mass is 35.5. The Morgan fingerprint density at radius 1 is 1.29 bits per heavy atom. The minimum absolute atomic E-state index is 0. The van der Waals surface area contributed by atoms with Gasteiger partial charge in [0.1, 0.15) is 0 Å². The molecule has 8 heteroatoms. The molecule has 2 aliphatic rings.